The van der Waals surface area contributed by atoms with E-state index in [-0.39, 0.29) is 18.9 Å². The van der Waals surface area contributed by atoms with Crippen molar-refractivity contribution in [1.82, 2.24) is 4.57 Å². The maximum Gasteiger partial charge on any atom is 0.246 e. The zero-order valence-corrected chi connectivity index (χ0v) is 15.7. The van der Waals surface area contributed by atoms with E-state index < -0.39 is 0 Å². The van der Waals surface area contributed by atoms with Crippen LogP contribution in [0.5, 0.6) is 5.75 Å². The third kappa shape index (κ3) is 4.12. The summed E-state index contributed by atoms with van der Waals surface area (Å²) in [5.74, 6) is 0.722. The molecule has 5 nitrogen and oxygen atoms in total. The molecule has 0 saturated heterocycles. The Labute approximate surface area is 159 Å². The minimum absolute atomic E-state index is 0.0427. The van der Waals surface area contributed by atoms with Gasteiger partial charge in [0.2, 0.25) is 5.91 Å². The van der Waals surface area contributed by atoms with Gasteiger partial charge in [-0.25, -0.2) is 0 Å². The van der Waals surface area contributed by atoms with E-state index in [0.717, 1.165) is 28.0 Å². The number of aromatic nitrogens is 1. The minimum atomic E-state index is -0.0427. The highest BCUT2D eigenvalue weighted by molar-refractivity contribution is 5.94. The number of fused-ring (bicyclic) bond motifs is 1. The van der Waals surface area contributed by atoms with Gasteiger partial charge in [0.25, 0.3) is 0 Å². The summed E-state index contributed by atoms with van der Waals surface area (Å²) in [6, 6.07) is 19.7. The van der Waals surface area contributed by atoms with E-state index in [2.05, 4.69) is 12.1 Å². The first-order valence-electron chi connectivity index (χ1n) is 9.09. The fourth-order valence-corrected chi connectivity index (χ4v) is 3.23. The largest absolute Gasteiger partial charge is 0.494 e. The van der Waals surface area contributed by atoms with Gasteiger partial charge in [-0.05, 0) is 55.6 Å². The van der Waals surface area contributed by atoms with Crippen LogP contribution >= 0.6 is 0 Å². The third-order valence-corrected chi connectivity index (χ3v) is 4.52. The smallest absolute Gasteiger partial charge is 0.246 e. The summed E-state index contributed by atoms with van der Waals surface area (Å²) in [7, 11) is 0. The molecule has 3 rings (SSSR count). The molecule has 0 bridgehead atoms. The first-order valence-corrected chi connectivity index (χ1v) is 9.09. The van der Waals surface area contributed by atoms with E-state index in [4.69, 9.17) is 10.00 Å². The van der Waals surface area contributed by atoms with Crippen LogP contribution in [0.3, 0.4) is 0 Å². The van der Waals surface area contributed by atoms with E-state index in [1.807, 2.05) is 66.9 Å². The fraction of sp³-hybridized carbons (Fsp3) is 0.273. The number of rotatable bonds is 7. The zero-order valence-electron chi connectivity index (χ0n) is 15.7. The van der Waals surface area contributed by atoms with Crippen molar-refractivity contribution in [3.63, 3.8) is 0 Å². The number of aryl methyl sites for hydroxylation is 1. The molecule has 0 aliphatic rings. The Morgan fingerprint density at radius 3 is 2.63 bits per heavy atom. The SMILES string of the molecule is CCOc1ccc(N(CCC#N)C(=O)Cn2c(C)cc3ccccc32)cc1. The quantitative estimate of drug-likeness (QED) is 0.630. The van der Waals surface area contributed by atoms with Gasteiger partial charge in [-0.3, -0.25) is 4.79 Å². The average molecular weight is 361 g/mol. The van der Waals surface area contributed by atoms with Crippen molar-refractivity contribution in [2.45, 2.75) is 26.8 Å². The Balaban J connectivity index is 1.87. The number of amides is 1. The first kappa shape index (κ1) is 18.5. The summed E-state index contributed by atoms with van der Waals surface area (Å²) in [6.45, 7) is 5.13. The van der Waals surface area contributed by atoms with E-state index in [1.165, 1.54) is 0 Å². The number of nitrogens with zero attached hydrogens (tertiary/aromatic N) is 3. The third-order valence-electron chi connectivity index (χ3n) is 4.52. The number of ether oxygens (including phenoxy) is 1. The average Bonchev–Trinajstić information content (AvgIpc) is 2.99. The highest BCUT2D eigenvalue weighted by Crippen LogP contribution is 2.23. The number of hydrogen-bond acceptors (Lipinski definition) is 3. The molecule has 0 unspecified atom stereocenters. The second kappa shape index (κ2) is 8.41. The summed E-state index contributed by atoms with van der Waals surface area (Å²) >= 11 is 0. The molecule has 2 aromatic carbocycles. The zero-order chi connectivity index (χ0) is 19.2. The second-order valence-corrected chi connectivity index (χ2v) is 6.31. The number of nitriles is 1. The lowest BCUT2D eigenvalue weighted by atomic mass is 10.2. The molecule has 0 atom stereocenters. The Hall–Kier alpha value is -3.26. The molecule has 1 heterocycles. The van der Waals surface area contributed by atoms with Crippen molar-refractivity contribution in [3.05, 3.63) is 60.3 Å². The van der Waals surface area contributed by atoms with Crippen LogP contribution in [0.15, 0.2) is 54.6 Å². The van der Waals surface area contributed by atoms with Gasteiger partial charge >= 0.3 is 0 Å². The molecule has 27 heavy (non-hydrogen) atoms. The Morgan fingerprint density at radius 1 is 1.19 bits per heavy atom. The molecule has 0 spiro atoms. The predicted molar refractivity (Wildman–Crippen MR) is 107 cm³/mol. The summed E-state index contributed by atoms with van der Waals surface area (Å²) in [5.41, 5.74) is 2.85. The second-order valence-electron chi connectivity index (χ2n) is 6.31. The maximum absolute atomic E-state index is 13.1. The van der Waals surface area contributed by atoms with Crippen molar-refractivity contribution in [2.75, 3.05) is 18.1 Å². The Kier molecular flexibility index (Phi) is 5.77. The van der Waals surface area contributed by atoms with Gasteiger partial charge in [0.15, 0.2) is 0 Å². The molecule has 138 valence electrons. The van der Waals surface area contributed by atoms with Crippen LogP contribution in [0, 0.1) is 18.3 Å². The molecule has 0 fully saturated rings. The number of carbonyl (C=O) groups is 1. The van der Waals surface area contributed by atoms with Crippen LogP contribution in [0.4, 0.5) is 5.69 Å². The normalized spacial score (nSPS) is 10.6. The highest BCUT2D eigenvalue weighted by atomic mass is 16.5. The van der Waals surface area contributed by atoms with Crippen LogP contribution < -0.4 is 9.64 Å². The Bertz CT molecular complexity index is 967. The lowest BCUT2D eigenvalue weighted by Gasteiger charge is -2.23. The summed E-state index contributed by atoms with van der Waals surface area (Å²) in [4.78, 5) is 14.8. The highest BCUT2D eigenvalue weighted by Gasteiger charge is 2.18. The molecular weight excluding hydrogens is 338 g/mol. The topological polar surface area (TPSA) is 58.3 Å². The number of carbonyl (C=O) groups excluding carboxylic acids is 1. The van der Waals surface area contributed by atoms with Crippen LogP contribution in [0.25, 0.3) is 10.9 Å². The molecule has 1 aromatic heterocycles. The molecule has 1 amide bonds. The molecular formula is C22H23N3O2. The summed E-state index contributed by atoms with van der Waals surface area (Å²) in [6.07, 6.45) is 0.282. The van der Waals surface area contributed by atoms with Gasteiger partial charge < -0.3 is 14.2 Å². The standard InChI is InChI=1S/C22H23N3O2/c1-3-27-20-11-9-19(10-12-20)24(14-6-13-23)22(26)16-25-17(2)15-18-7-4-5-8-21(18)25/h4-5,7-12,15H,3,6,14,16H2,1-2H3. The lowest BCUT2D eigenvalue weighted by Crippen LogP contribution is -2.34. The van der Waals surface area contributed by atoms with Crippen molar-refractivity contribution in [3.8, 4) is 11.8 Å². The fourth-order valence-electron chi connectivity index (χ4n) is 3.23. The van der Waals surface area contributed by atoms with Crippen molar-refractivity contribution in [2.24, 2.45) is 0 Å². The van der Waals surface area contributed by atoms with Crippen LogP contribution in [0.2, 0.25) is 0 Å². The monoisotopic (exact) mass is 361 g/mol. The van der Waals surface area contributed by atoms with E-state index >= 15 is 0 Å². The van der Waals surface area contributed by atoms with Gasteiger partial charge in [0, 0.05) is 23.4 Å². The van der Waals surface area contributed by atoms with Gasteiger partial charge in [-0.2, -0.15) is 5.26 Å². The van der Waals surface area contributed by atoms with Crippen molar-refractivity contribution >= 4 is 22.5 Å². The first-order chi connectivity index (χ1) is 13.1. The van der Waals surface area contributed by atoms with Crippen LogP contribution in [-0.2, 0) is 11.3 Å². The molecule has 0 aliphatic carbocycles. The Morgan fingerprint density at radius 2 is 1.93 bits per heavy atom. The molecule has 5 heteroatoms. The van der Waals surface area contributed by atoms with Crippen molar-refractivity contribution in [1.29, 1.82) is 5.26 Å². The number of benzene rings is 2. The molecule has 0 saturated carbocycles. The lowest BCUT2D eigenvalue weighted by molar-refractivity contribution is -0.119. The molecule has 0 aliphatic heterocycles. The van der Waals surface area contributed by atoms with E-state index in [9.17, 15) is 4.79 Å². The van der Waals surface area contributed by atoms with E-state index in [0.29, 0.717) is 13.2 Å². The maximum atomic E-state index is 13.1. The predicted octanol–water partition coefficient (Wildman–Crippen LogP) is 4.30. The number of hydrogen-bond donors (Lipinski definition) is 0. The van der Waals surface area contributed by atoms with Gasteiger partial charge in [-0.15, -0.1) is 0 Å². The van der Waals surface area contributed by atoms with Crippen LogP contribution in [-0.4, -0.2) is 23.6 Å². The van der Waals surface area contributed by atoms with Gasteiger partial charge in [0.1, 0.15) is 12.3 Å². The van der Waals surface area contributed by atoms with Gasteiger partial charge in [0.05, 0.1) is 19.1 Å². The number of para-hydroxylation sites is 1. The summed E-state index contributed by atoms with van der Waals surface area (Å²) < 4.78 is 7.49. The van der Waals surface area contributed by atoms with Crippen molar-refractivity contribution < 1.29 is 9.53 Å². The van der Waals surface area contributed by atoms with Gasteiger partial charge in [-0.1, -0.05) is 18.2 Å². The molecule has 0 N–H and O–H groups in total. The van der Waals surface area contributed by atoms with Crippen LogP contribution in [0.1, 0.15) is 19.0 Å². The molecule has 3 aromatic rings. The number of anilines is 1. The van der Waals surface area contributed by atoms with E-state index in [1.54, 1.807) is 4.90 Å². The molecule has 0 radical (unpaired) electrons. The summed E-state index contributed by atoms with van der Waals surface area (Å²) in [5, 5.41) is 10.1. The minimum Gasteiger partial charge on any atom is -0.494 e.